The van der Waals surface area contributed by atoms with Crippen LogP contribution in [0.1, 0.15) is 25.0 Å². The van der Waals surface area contributed by atoms with Gasteiger partial charge in [0, 0.05) is 38.4 Å². The van der Waals surface area contributed by atoms with Gasteiger partial charge >= 0.3 is 0 Å². The number of nitrogens with zero attached hydrogens (tertiary/aromatic N) is 5. The maximum Gasteiger partial charge on any atom is 0.235 e. The van der Waals surface area contributed by atoms with Crippen molar-refractivity contribution < 1.29 is 4.42 Å². The van der Waals surface area contributed by atoms with Gasteiger partial charge in [-0.2, -0.15) is 0 Å². The van der Waals surface area contributed by atoms with Crippen LogP contribution in [-0.2, 0) is 5.41 Å². The van der Waals surface area contributed by atoms with Gasteiger partial charge in [-0.15, -0.1) is 0 Å². The molecule has 0 amide bonds. The molecule has 0 unspecified atom stereocenters. The molecule has 1 aliphatic heterocycles. The summed E-state index contributed by atoms with van der Waals surface area (Å²) >= 11 is 0. The summed E-state index contributed by atoms with van der Waals surface area (Å²) in [5.41, 5.74) is 15.4. The minimum absolute atomic E-state index is 0.231. The Labute approximate surface area is 346 Å². The van der Waals surface area contributed by atoms with Gasteiger partial charge < -0.3 is 9.32 Å². The smallest absolute Gasteiger partial charge is 0.235 e. The SMILES string of the molecule is CC1(C)c2ccccc2N(c2ccccc2)c2ccc(-c3ccc4c(c3)c3cc5oc(-c6ccccc6)nc5cc3n4-c3nc(-c4ccccc4)c4ccccc4n3)cc21. The molecule has 0 spiro atoms. The third-order valence-electron chi connectivity index (χ3n) is 12.2. The van der Waals surface area contributed by atoms with E-state index in [1.54, 1.807) is 0 Å². The van der Waals surface area contributed by atoms with Crippen molar-refractivity contribution in [2.24, 2.45) is 0 Å². The Morgan fingerprint density at radius 3 is 1.92 bits per heavy atom. The van der Waals surface area contributed by atoms with Crippen LogP contribution in [-0.4, -0.2) is 19.5 Å². The highest BCUT2D eigenvalue weighted by Crippen LogP contribution is 2.52. The van der Waals surface area contributed by atoms with Gasteiger partial charge in [0.05, 0.1) is 33.6 Å². The standard InChI is InChI=1S/C54H37N5O/c1-54(2)42-23-13-15-25-47(42)58(38-20-10-5-11-21-38)48-29-27-37(31-43(48)54)36-26-28-46-40(30-36)41-32-50-45(55-52(60-50)35-18-8-4-9-19-35)33-49(41)59(46)53-56-44-24-14-12-22-39(44)51(57-53)34-16-6-3-7-17-34/h3-33H,1-2H3. The second-order valence-electron chi connectivity index (χ2n) is 16.1. The summed E-state index contributed by atoms with van der Waals surface area (Å²) in [6.45, 7) is 4.68. The fraction of sp³-hybridized carbons (Fsp3) is 0.0556. The molecule has 0 saturated heterocycles. The molecule has 8 aromatic carbocycles. The monoisotopic (exact) mass is 771 g/mol. The van der Waals surface area contributed by atoms with Crippen LogP contribution in [0.3, 0.4) is 0 Å². The van der Waals surface area contributed by atoms with E-state index >= 15 is 0 Å². The van der Waals surface area contributed by atoms with Crippen molar-refractivity contribution in [3.8, 4) is 39.8 Å². The summed E-state index contributed by atoms with van der Waals surface area (Å²) < 4.78 is 8.67. The molecule has 0 fully saturated rings. The van der Waals surface area contributed by atoms with E-state index in [1.165, 1.54) is 22.5 Å². The quantitative estimate of drug-likeness (QED) is 0.174. The maximum absolute atomic E-state index is 6.48. The lowest BCUT2D eigenvalue weighted by atomic mass is 9.73. The van der Waals surface area contributed by atoms with Crippen molar-refractivity contribution in [3.63, 3.8) is 0 Å². The Kier molecular flexibility index (Phi) is 7.47. The first kappa shape index (κ1) is 34.2. The Balaban J connectivity index is 1.09. The van der Waals surface area contributed by atoms with Gasteiger partial charge in [-0.05, 0) is 95.1 Å². The van der Waals surface area contributed by atoms with E-state index in [0.29, 0.717) is 11.8 Å². The zero-order chi connectivity index (χ0) is 40.0. The Hall–Kier alpha value is -7.83. The van der Waals surface area contributed by atoms with Gasteiger partial charge in [0.2, 0.25) is 11.8 Å². The molecule has 0 saturated carbocycles. The molecule has 12 rings (SSSR count). The number of aromatic nitrogens is 4. The summed E-state index contributed by atoms with van der Waals surface area (Å²) in [5, 5.41) is 3.12. The molecule has 6 heteroatoms. The van der Waals surface area contributed by atoms with Crippen LogP contribution in [0.5, 0.6) is 0 Å². The number of para-hydroxylation sites is 3. The van der Waals surface area contributed by atoms with Crippen LogP contribution in [0, 0.1) is 0 Å². The molecule has 60 heavy (non-hydrogen) atoms. The van der Waals surface area contributed by atoms with Crippen molar-refractivity contribution in [1.82, 2.24) is 19.5 Å². The predicted octanol–water partition coefficient (Wildman–Crippen LogP) is 14.0. The molecule has 6 nitrogen and oxygen atoms in total. The normalized spacial score (nSPS) is 13.3. The molecule has 3 aromatic heterocycles. The topological polar surface area (TPSA) is 60.0 Å². The van der Waals surface area contributed by atoms with E-state index in [9.17, 15) is 0 Å². The lowest BCUT2D eigenvalue weighted by molar-refractivity contribution is 0.620. The number of benzene rings is 8. The zero-order valence-corrected chi connectivity index (χ0v) is 33.0. The van der Waals surface area contributed by atoms with Crippen LogP contribution < -0.4 is 4.90 Å². The third kappa shape index (κ3) is 5.24. The summed E-state index contributed by atoms with van der Waals surface area (Å²) in [6.07, 6.45) is 0. The molecule has 11 aromatic rings. The lowest BCUT2D eigenvalue weighted by Crippen LogP contribution is -2.30. The Bertz CT molecular complexity index is 3460. The number of rotatable bonds is 5. The molecule has 4 heterocycles. The minimum Gasteiger partial charge on any atom is -0.436 e. The first-order valence-corrected chi connectivity index (χ1v) is 20.4. The molecule has 1 aliphatic rings. The number of hydrogen-bond acceptors (Lipinski definition) is 5. The van der Waals surface area contributed by atoms with E-state index in [0.717, 1.165) is 77.4 Å². The first-order valence-electron chi connectivity index (χ1n) is 20.4. The third-order valence-corrected chi connectivity index (χ3v) is 12.2. The zero-order valence-electron chi connectivity index (χ0n) is 33.0. The average molecular weight is 772 g/mol. The average Bonchev–Trinajstić information content (AvgIpc) is 3.87. The van der Waals surface area contributed by atoms with E-state index < -0.39 is 0 Å². The van der Waals surface area contributed by atoms with E-state index in [4.69, 9.17) is 19.4 Å². The molecule has 284 valence electrons. The van der Waals surface area contributed by atoms with Crippen molar-refractivity contribution in [2.75, 3.05) is 4.90 Å². The molecule has 0 aliphatic carbocycles. The van der Waals surface area contributed by atoms with Gasteiger partial charge in [-0.25, -0.2) is 15.0 Å². The van der Waals surface area contributed by atoms with Crippen LogP contribution in [0.15, 0.2) is 192 Å². The number of oxazole rings is 1. The van der Waals surface area contributed by atoms with E-state index in [1.807, 2.05) is 48.5 Å². The fourth-order valence-electron chi connectivity index (χ4n) is 9.26. The van der Waals surface area contributed by atoms with Gasteiger partial charge in [-0.1, -0.05) is 129 Å². The van der Waals surface area contributed by atoms with Crippen molar-refractivity contribution in [3.05, 3.63) is 199 Å². The Morgan fingerprint density at radius 2 is 1.10 bits per heavy atom. The summed E-state index contributed by atoms with van der Waals surface area (Å²) in [5.74, 6) is 1.19. The highest BCUT2D eigenvalue weighted by atomic mass is 16.3. The largest absolute Gasteiger partial charge is 0.436 e. The predicted molar refractivity (Wildman–Crippen MR) is 245 cm³/mol. The highest BCUT2D eigenvalue weighted by molar-refractivity contribution is 6.13. The summed E-state index contributed by atoms with van der Waals surface area (Å²) in [4.78, 5) is 18.0. The molecule has 0 N–H and O–H groups in total. The van der Waals surface area contributed by atoms with E-state index in [-0.39, 0.29) is 5.41 Å². The van der Waals surface area contributed by atoms with Gasteiger partial charge in [-0.3, -0.25) is 4.57 Å². The second kappa shape index (κ2) is 13.1. The maximum atomic E-state index is 6.48. The second-order valence-corrected chi connectivity index (χ2v) is 16.1. The molecular weight excluding hydrogens is 735 g/mol. The number of hydrogen-bond donors (Lipinski definition) is 0. The van der Waals surface area contributed by atoms with E-state index in [2.05, 4.69) is 163 Å². The van der Waals surface area contributed by atoms with Crippen molar-refractivity contribution in [1.29, 1.82) is 0 Å². The van der Waals surface area contributed by atoms with Crippen molar-refractivity contribution >= 4 is 60.9 Å². The summed E-state index contributed by atoms with van der Waals surface area (Å²) in [6, 6.07) is 66.1. The molecule has 0 radical (unpaired) electrons. The molecular formula is C54H37N5O. The van der Waals surface area contributed by atoms with Crippen LogP contribution >= 0.6 is 0 Å². The van der Waals surface area contributed by atoms with Gasteiger partial charge in [0.25, 0.3) is 0 Å². The highest BCUT2D eigenvalue weighted by Gasteiger charge is 2.37. The van der Waals surface area contributed by atoms with Crippen LogP contribution in [0.4, 0.5) is 17.1 Å². The van der Waals surface area contributed by atoms with Gasteiger partial charge in [0.1, 0.15) is 5.52 Å². The molecule has 0 bridgehead atoms. The lowest BCUT2D eigenvalue weighted by Gasteiger charge is -2.42. The first-order chi connectivity index (χ1) is 29.5. The fourth-order valence-corrected chi connectivity index (χ4v) is 9.26. The van der Waals surface area contributed by atoms with Crippen LogP contribution in [0.2, 0.25) is 0 Å². The number of fused-ring (bicyclic) bond motifs is 7. The number of anilines is 3. The summed E-state index contributed by atoms with van der Waals surface area (Å²) in [7, 11) is 0. The van der Waals surface area contributed by atoms with Crippen LogP contribution in [0.25, 0.3) is 83.6 Å². The minimum atomic E-state index is -0.231. The van der Waals surface area contributed by atoms with Crippen molar-refractivity contribution in [2.45, 2.75) is 19.3 Å². The Morgan fingerprint density at radius 1 is 0.450 bits per heavy atom. The molecule has 0 atom stereocenters. The van der Waals surface area contributed by atoms with Gasteiger partial charge in [0.15, 0.2) is 5.58 Å².